The smallest absolute Gasteiger partial charge is 0.214 e. The van der Waals surface area contributed by atoms with Gasteiger partial charge in [-0.1, -0.05) is 0 Å². The van der Waals surface area contributed by atoms with Crippen molar-refractivity contribution in [1.29, 1.82) is 0 Å². The summed E-state index contributed by atoms with van der Waals surface area (Å²) in [6.07, 6.45) is 0. The number of carbonyl (C=O) groups is 1. The van der Waals surface area contributed by atoms with Gasteiger partial charge in [0, 0.05) is 12.4 Å². The first-order valence-corrected chi connectivity index (χ1v) is 0.993. The van der Waals surface area contributed by atoms with Gasteiger partial charge in [0.1, 0.15) is 0 Å². The van der Waals surface area contributed by atoms with E-state index in [9.17, 15) is 4.79 Å². The molecule has 0 aromatic carbocycles. The van der Waals surface area contributed by atoms with E-state index < -0.39 is 0 Å². The standard InChI is InChI=1S/C2H5NO.O/c1-2(3)4;/h1H3,(H2,3,4);. The lowest BCUT2D eigenvalue weighted by atomic mass is 10.8. The Morgan fingerprint density at radius 3 is 1.80 bits per heavy atom. The topological polar surface area (TPSA) is 71.6 Å². The zero-order chi connectivity index (χ0) is 3.58. The Bertz CT molecular complexity index is 30.6. The molecule has 0 aliphatic rings. The Labute approximate surface area is 30.1 Å². The van der Waals surface area contributed by atoms with Gasteiger partial charge in [0.25, 0.3) is 0 Å². The summed E-state index contributed by atoms with van der Waals surface area (Å²) < 4.78 is 0. The van der Waals surface area contributed by atoms with E-state index in [1.807, 2.05) is 0 Å². The average Bonchev–Trinajstić information content (AvgIpc) is 0.811. The van der Waals surface area contributed by atoms with E-state index in [0.717, 1.165) is 0 Å². The number of carbonyl (C=O) groups excluding carboxylic acids is 1. The molecule has 0 aromatic heterocycles. The largest absolute Gasteiger partial charge is 0.370 e. The van der Waals surface area contributed by atoms with Gasteiger partial charge in [0.2, 0.25) is 5.91 Å². The van der Waals surface area contributed by atoms with E-state index in [-0.39, 0.29) is 11.4 Å². The SMILES string of the molecule is CC(N)=O.[O]. The van der Waals surface area contributed by atoms with E-state index in [1.54, 1.807) is 0 Å². The number of nitrogens with two attached hydrogens (primary N) is 1. The van der Waals surface area contributed by atoms with Crippen LogP contribution in [0.5, 0.6) is 0 Å². The van der Waals surface area contributed by atoms with E-state index in [2.05, 4.69) is 5.73 Å². The van der Waals surface area contributed by atoms with Crippen molar-refractivity contribution in [2.45, 2.75) is 6.92 Å². The quantitative estimate of drug-likeness (QED) is 0.409. The monoisotopic (exact) mass is 75.0 g/mol. The summed E-state index contributed by atoms with van der Waals surface area (Å²) in [5.41, 5.74) is 4.47. The maximum absolute atomic E-state index is 9.22. The van der Waals surface area contributed by atoms with Crippen molar-refractivity contribution in [1.82, 2.24) is 0 Å². The Morgan fingerprint density at radius 1 is 1.80 bits per heavy atom. The first-order valence-electron chi connectivity index (χ1n) is 0.993. The minimum Gasteiger partial charge on any atom is -0.370 e. The molecule has 0 aliphatic heterocycles. The van der Waals surface area contributed by atoms with Crippen LogP contribution in [-0.4, -0.2) is 5.91 Å². The molecule has 1 amide bonds. The number of primary amides is 1. The molecule has 0 saturated carbocycles. The van der Waals surface area contributed by atoms with Crippen molar-refractivity contribution in [3.8, 4) is 0 Å². The zero-order valence-electron chi connectivity index (χ0n) is 2.89. The lowest BCUT2D eigenvalue weighted by Crippen LogP contribution is -2.01. The fraction of sp³-hybridized carbons (Fsp3) is 0.500. The third kappa shape index (κ3) is 21.6. The van der Waals surface area contributed by atoms with Gasteiger partial charge in [-0.15, -0.1) is 0 Å². The molecule has 3 nitrogen and oxygen atoms in total. The second-order valence-corrected chi connectivity index (χ2v) is 0.611. The van der Waals surface area contributed by atoms with Crippen LogP contribution in [-0.2, 0) is 10.3 Å². The van der Waals surface area contributed by atoms with Gasteiger partial charge in [0.15, 0.2) is 0 Å². The maximum Gasteiger partial charge on any atom is 0.214 e. The number of hydrogen-bond acceptors (Lipinski definition) is 1. The predicted molar refractivity (Wildman–Crippen MR) is 15.6 cm³/mol. The normalized spacial score (nSPS) is 5.00. The summed E-state index contributed by atoms with van der Waals surface area (Å²) in [7, 11) is 0. The number of amides is 1. The molecule has 0 aliphatic carbocycles. The van der Waals surface area contributed by atoms with Crippen molar-refractivity contribution in [2.24, 2.45) is 5.73 Å². The highest BCUT2D eigenvalue weighted by atomic mass is 16.1. The van der Waals surface area contributed by atoms with E-state index in [1.165, 1.54) is 6.92 Å². The summed E-state index contributed by atoms with van der Waals surface area (Å²) in [6, 6.07) is 0. The van der Waals surface area contributed by atoms with Crippen molar-refractivity contribution < 1.29 is 10.3 Å². The summed E-state index contributed by atoms with van der Waals surface area (Å²) in [6.45, 7) is 1.31. The molecule has 30 valence electrons. The van der Waals surface area contributed by atoms with Crippen molar-refractivity contribution in [3.63, 3.8) is 0 Å². The highest BCUT2D eigenvalue weighted by Crippen LogP contribution is 1.33. The second kappa shape index (κ2) is 3.43. The molecule has 0 rings (SSSR count). The van der Waals surface area contributed by atoms with Crippen molar-refractivity contribution >= 4 is 5.91 Å². The maximum atomic E-state index is 9.22. The van der Waals surface area contributed by atoms with Gasteiger partial charge in [-0.05, 0) is 0 Å². The van der Waals surface area contributed by atoms with Crippen LogP contribution in [0.15, 0.2) is 0 Å². The van der Waals surface area contributed by atoms with Crippen LogP contribution in [0.25, 0.3) is 0 Å². The highest BCUT2D eigenvalue weighted by molar-refractivity contribution is 5.70. The number of rotatable bonds is 0. The van der Waals surface area contributed by atoms with Crippen LogP contribution in [0.4, 0.5) is 0 Å². The fourth-order valence-corrected chi connectivity index (χ4v) is 0. The van der Waals surface area contributed by atoms with Crippen molar-refractivity contribution in [2.75, 3.05) is 0 Å². The van der Waals surface area contributed by atoms with Crippen LogP contribution < -0.4 is 5.73 Å². The molecule has 0 unspecified atom stereocenters. The molecule has 0 saturated heterocycles. The Kier molecular flexibility index (Phi) is 6.05. The Morgan fingerprint density at radius 2 is 1.80 bits per heavy atom. The second-order valence-electron chi connectivity index (χ2n) is 0.611. The molecule has 2 radical (unpaired) electrons. The molecule has 0 heterocycles. The first kappa shape index (κ1) is 8.83. The zero-order valence-corrected chi connectivity index (χ0v) is 2.89. The lowest BCUT2D eigenvalue weighted by molar-refractivity contribution is -0.115. The molecule has 5 heavy (non-hydrogen) atoms. The Balaban J connectivity index is 0. The predicted octanol–water partition coefficient (Wildman–Crippen LogP) is -0.627. The minimum atomic E-state index is -0.333. The summed E-state index contributed by atoms with van der Waals surface area (Å²) in [5, 5.41) is 0. The average molecular weight is 75.1 g/mol. The summed E-state index contributed by atoms with van der Waals surface area (Å²) in [5.74, 6) is -0.333. The van der Waals surface area contributed by atoms with Gasteiger partial charge < -0.3 is 5.73 Å². The van der Waals surface area contributed by atoms with Gasteiger partial charge in [0.05, 0.1) is 0 Å². The highest BCUT2D eigenvalue weighted by Gasteiger charge is 1.61. The van der Waals surface area contributed by atoms with E-state index in [4.69, 9.17) is 0 Å². The molecule has 3 heteroatoms. The van der Waals surface area contributed by atoms with Crippen LogP contribution in [0.2, 0.25) is 0 Å². The van der Waals surface area contributed by atoms with Crippen LogP contribution in [0.1, 0.15) is 6.92 Å². The van der Waals surface area contributed by atoms with Gasteiger partial charge in [-0.25, -0.2) is 0 Å². The van der Waals surface area contributed by atoms with Crippen LogP contribution >= 0.6 is 0 Å². The van der Waals surface area contributed by atoms with E-state index >= 15 is 0 Å². The lowest BCUT2D eigenvalue weighted by Gasteiger charge is -1.60. The first-order chi connectivity index (χ1) is 1.73. The molecule has 0 atom stereocenters. The fourth-order valence-electron chi connectivity index (χ4n) is 0. The molecule has 0 fully saturated rings. The van der Waals surface area contributed by atoms with Gasteiger partial charge in [-0.3, -0.25) is 4.79 Å². The van der Waals surface area contributed by atoms with E-state index in [0.29, 0.717) is 0 Å². The third-order valence-corrected chi connectivity index (χ3v) is 0. The molecule has 0 bridgehead atoms. The summed E-state index contributed by atoms with van der Waals surface area (Å²) in [4.78, 5) is 9.22. The van der Waals surface area contributed by atoms with Crippen LogP contribution in [0, 0.1) is 0 Å². The minimum absolute atomic E-state index is 0. The molecular formula is C2H5NO2. The molecular weight excluding hydrogens is 70.0 g/mol. The molecule has 2 N–H and O–H groups in total. The third-order valence-electron chi connectivity index (χ3n) is 0. The van der Waals surface area contributed by atoms with Gasteiger partial charge in [-0.2, -0.15) is 0 Å². The molecule has 0 aromatic rings. The Hall–Kier alpha value is -0.570. The van der Waals surface area contributed by atoms with Crippen LogP contribution in [0.3, 0.4) is 0 Å². The molecule has 0 spiro atoms. The number of hydrogen-bond donors (Lipinski definition) is 1. The summed E-state index contributed by atoms with van der Waals surface area (Å²) >= 11 is 0. The van der Waals surface area contributed by atoms with Gasteiger partial charge >= 0.3 is 0 Å². The van der Waals surface area contributed by atoms with Crippen molar-refractivity contribution in [3.05, 3.63) is 0 Å².